The first-order valence-corrected chi connectivity index (χ1v) is 6.35. The molecular weight excluding hydrogens is 318 g/mol. The molecule has 0 saturated carbocycles. The van der Waals surface area contributed by atoms with E-state index >= 15 is 0 Å². The van der Waals surface area contributed by atoms with E-state index in [1.807, 2.05) is 6.92 Å². The maximum Gasteiger partial charge on any atom is 0.287 e. The molecule has 3 N–H and O–H groups in total. The van der Waals surface area contributed by atoms with Crippen molar-refractivity contribution in [2.75, 3.05) is 13.2 Å². The van der Waals surface area contributed by atoms with Gasteiger partial charge in [0.25, 0.3) is 5.69 Å². The van der Waals surface area contributed by atoms with Gasteiger partial charge in [-0.05, 0) is 28.5 Å². The number of nitrogens with one attached hydrogen (secondary N) is 1. The van der Waals surface area contributed by atoms with Crippen molar-refractivity contribution in [2.45, 2.75) is 13.0 Å². The van der Waals surface area contributed by atoms with Crippen LogP contribution in [-0.2, 0) is 4.79 Å². The summed E-state index contributed by atoms with van der Waals surface area (Å²) in [6.07, 6.45) is 0. The van der Waals surface area contributed by atoms with Crippen LogP contribution in [0.1, 0.15) is 6.92 Å². The van der Waals surface area contributed by atoms with Gasteiger partial charge in [-0.3, -0.25) is 14.9 Å². The van der Waals surface area contributed by atoms with Crippen molar-refractivity contribution in [1.29, 1.82) is 0 Å². The minimum absolute atomic E-state index is 0.00292. The number of hydrogen-bond donors (Lipinski definition) is 2. The van der Waals surface area contributed by atoms with Gasteiger partial charge in [-0.2, -0.15) is 0 Å². The zero-order valence-electron chi connectivity index (χ0n) is 10.3. The van der Waals surface area contributed by atoms with Gasteiger partial charge in [0.1, 0.15) is 22.9 Å². The lowest BCUT2D eigenvalue weighted by atomic mass is 10.3. The van der Waals surface area contributed by atoms with Crippen molar-refractivity contribution in [3.05, 3.63) is 32.8 Å². The van der Waals surface area contributed by atoms with E-state index in [-0.39, 0.29) is 16.8 Å². The summed E-state index contributed by atoms with van der Waals surface area (Å²) in [7, 11) is 0. The van der Waals surface area contributed by atoms with Crippen LogP contribution in [0.25, 0.3) is 0 Å². The van der Waals surface area contributed by atoms with Crippen LogP contribution >= 0.6 is 15.9 Å². The van der Waals surface area contributed by atoms with Crippen molar-refractivity contribution in [3.63, 3.8) is 0 Å². The maximum atomic E-state index is 11.1. The van der Waals surface area contributed by atoms with Gasteiger partial charge in [-0.1, -0.05) is 13.0 Å². The molecule has 1 unspecified atom stereocenters. The number of primary amides is 1. The number of nitro groups is 1. The van der Waals surface area contributed by atoms with Gasteiger partial charge in [0.15, 0.2) is 0 Å². The molecular formula is C11H14BrN3O4. The Hall–Kier alpha value is -1.67. The molecule has 1 atom stereocenters. The third-order valence-corrected chi connectivity index (χ3v) is 3.14. The van der Waals surface area contributed by atoms with Crippen LogP contribution in [0.4, 0.5) is 5.69 Å². The maximum absolute atomic E-state index is 11.1. The molecule has 0 aliphatic heterocycles. The number of rotatable bonds is 7. The Morgan fingerprint density at radius 2 is 2.32 bits per heavy atom. The molecule has 0 heterocycles. The molecule has 8 heteroatoms. The molecule has 19 heavy (non-hydrogen) atoms. The normalized spacial score (nSPS) is 11.9. The molecule has 0 radical (unpaired) electrons. The van der Waals surface area contributed by atoms with Gasteiger partial charge in [-0.15, -0.1) is 0 Å². The molecule has 1 rings (SSSR count). The monoisotopic (exact) mass is 331 g/mol. The Morgan fingerprint density at radius 1 is 1.63 bits per heavy atom. The minimum atomic E-state index is -0.642. The predicted molar refractivity (Wildman–Crippen MR) is 73.0 cm³/mol. The Kier molecular flexibility index (Phi) is 5.71. The Bertz CT molecular complexity index is 481. The average molecular weight is 332 g/mol. The van der Waals surface area contributed by atoms with Crippen LogP contribution in [0.5, 0.6) is 5.75 Å². The Labute approximate surface area is 118 Å². The first-order chi connectivity index (χ1) is 8.97. The molecule has 104 valence electrons. The molecule has 0 aliphatic carbocycles. The molecule has 0 spiro atoms. The predicted octanol–water partition coefficient (Wildman–Crippen LogP) is 1.20. The van der Waals surface area contributed by atoms with Crippen molar-refractivity contribution in [2.24, 2.45) is 5.73 Å². The summed E-state index contributed by atoms with van der Waals surface area (Å²) in [6.45, 7) is 2.40. The summed E-state index contributed by atoms with van der Waals surface area (Å²) in [4.78, 5) is 21.4. The zero-order valence-corrected chi connectivity index (χ0v) is 11.8. The number of nitro benzene ring substituents is 1. The van der Waals surface area contributed by atoms with Crippen LogP contribution in [0.2, 0.25) is 0 Å². The second kappa shape index (κ2) is 7.05. The number of nitrogens with zero attached hydrogens (tertiary/aromatic N) is 1. The van der Waals surface area contributed by atoms with Crippen LogP contribution in [0, 0.1) is 10.1 Å². The highest BCUT2D eigenvalue weighted by Crippen LogP contribution is 2.33. The third-order valence-electron chi connectivity index (χ3n) is 2.34. The summed E-state index contributed by atoms with van der Waals surface area (Å²) in [5, 5.41) is 13.6. The van der Waals surface area contributed by atoms with Gasteiger partial charge in [0, 0.05) is 6.07 Å². The first-order valence-electron chi connectivity index (χ1n) is 5.55. The van der Waals surface area contributed by atoms with Crippen LogP contribution in [0.3, 0.4) is 0 Å². The van der Waals surface area contributed by atoms with E-state index in [1.54, 1.807) is 6.07 Å². The number of likely N-dealkylation sites (N-methyl/N-ethyl adjacent to an activating group) is 1. The average Bonchev–Trinajstić information content (AvgIpc) is 2.35. The fourth-order valence-corrected chi connectivity index (χ4v) is 1.94. The highest BCUT2D eigenvalue weighted by Gasteiger charge is 2.19. The molecule has 0 aromatic heterocycles. The largest absolute Gasteiger partial charge is 0.490 e. The van der Waals surface area contributed by atoms with E-state index in [1.165, 1.54) is 12.1 Å². The summed E-state index contributed by atoms with van der Waals surface area (Å²) in [5.41, 5.74) is 5.10. The third kappa shape index (κ3) is 4.18. The lowest BCUT2D eigenvalue weighted by Crippen LogP contribution is -2.45. The van der Waals surface area contributed by atoms with Crippen molar-refractivity contribution >= 4 is 27.5 Å². The molecule has 1 aromatic rings. The van der Waals surface area contributed by atoms with Crippen molar-refractivity contribution in [1.82, 2.24) is 5.32 Å². The number of benzene rings is 1. The Balaban J connectivity index is 2.80. The summed E-state index contributed by atoms with van der Waals surface area (Å²) in [6, 6.07) is 3.79. The van der Waals surface area contributed by atoms with Gasteiger partial charge >= 0.3 is 0 Å². The smallest absolute Gasteiger partial charge is 0.287 e. The van der Waals surface area contributed by atoms with Crippen LogP contribution < -0.4 is 15.8 Å². The molecule has 1 amide bonds. The van der Waals surface area contributed by atoms with E-state index < -0.39 is 16.9 Å². The van der Waals surface area contributed by atoms with Crippen molar-refractivity contribution in [3.8, 4) is 5.75 Å². The van der Waals surface area contributed by atoms with Gasteiger partial charge in [-0.25, -0.2) is 0 Å². The number of amides is 1. The van der Waals surface area contributed by atoms with E-state index in [9.17, 15) is 14.9 Å². The Morgan fingerprint density at radius 3 is 2.84 bits per heavy atom. The minimum Gasteiger partial charge on any atom is -0.490 e. The van der Waals surface area contributed by atoms with Crippen LogP contribution in [0.15, 0.2) is 22.7 Å². The lowest BCUT2D eigenvalue weighted by Gasteiger charge is -2.15. The second-order valence-corrected chi connectivity index (χ2v) is 4.46. The molecule has 0 saturated heterocycles. The summed E-state index contributed by atoms with van der Waals surface area (Å²) < 4.78 is 5.62. The fourth-order valence-electron chi connectivity index (χ4n) is 1.41. The topological polar surface area (TPSA) is 107 Å². The van der Waals surface area contributed by atoms with E-state index in [4.69, 9.17) is 10.5 Å². The fraction of sp³-hybridized carbons (Fsp3) is 0.364. The van der Waals surface area contributed by atoms with Gasteiger partial charge in [0.05, 0.1) is 4.92 Å². The van der Waals surface area contributed by atoms with Crippen molar-refractivity contribution < 1.29 is 14.5 Å². The molecule has 1 aromatic carbocycles. The number of nitrogens with two attached hydrogens (primary N) is 1. The molecule has 0 fully saturated rings. The quantitative estimate of drug-likeness (QED) is 0.576. The van der Waals surface area contributed by atoms with Crippen LogP contribution in [-0.4, -0.2) is 30.0 Å². The van der Waals surface area contributed by atoms with Gasteiger partial charge < -0.3 is 15.8 Å². The van der Waals surface area contributed by atoms with E-state index in [0.29, 0.717) is 12.3 Å². The molecule has 0 bridgehead atoms. The SMILES string of the molecule is CCNC(COc1cccc([N+](=O)[O-])c1Br)C(N)=O. The highest BCUT2D eigenvalue weighted by molar-refractivity contribution is 9.10. The number of halogens is 1. The highest BCUT2D eigenvalue weighted by atomic mass is 79.9. The standard InChI is InChI=1S/C11H14BrN3O4/c1-2-14-7(11(13)16)6-19-9-5-3-4-8(10(9)12)15(17)18/h3-5,7,14H,2,6H2,1H3,(H2,13,16). The number of ether oxygens (including phenoxy) is 1. The first kappa shape index (κ1) is 15.4. The zero-order chi connectivity index (χ0) is 14.4. The van der Waals surface area contributed by atoms with E-state index in [0.717, 1.165) is 0 Å². The number of carbonyl (C=O) groups excluding carboxylic acids is 1. The lowest BCUT2D eigenvalue weighted by molar-refractivity contribution is -0.385. The molecule has 7 nitrogen and oxygen atoms in total. The second-order valence-electron chi connectivity index (χ2n) is 3.67. The summed E-state index contributed by atoms with van der Waals surface area (Å²) in [5.74, 6) is -0.248. The van der Waals surface area contributed by atoms with E-state index in [2.05, 4.69) is 21.2 Å². The number of hydrogen-bond acceptors (Lipinski definition) is 5. The molecule has 0 aliphatic rings. The van der Waals surface area contributed by atoms with Gasteiger partial charge in [0.2, 0.25) is 5.91 Å². The number of carbonyl (C=O) groups is 1. The summed E-state index contributed by atoms with van der Waals surface area (Å²) >= 11 is 3.10.